The molecule has 0 amide bonds. The summed E-state index contributed by atoms with van der Waals surface area (Å²) in [6.45, 7) is 6.58. The third-order valence-corrected chi connectivity index (χ3v) is 6.41. The maximum absolute atomic E-state index is 12.5. The van der Waals surface area contributed by atoms with Crippen LogP contribution in [-0.4, -0.2) is 33.7 Å². The third-order valence-electron chi connectivity index (χ3n) is 4.70. The van der Waals surface area contributed by atoms with Crippen LogP contribution < -0.4 is 5.73 Å². The van der Waals surface area contributed by atoms with Gasteiger partial charge in [-0.15, -0.1) is 0 Å². The first kappa shape index (κ1) is 19.3. The lowest BCUT2D eigenvalue weighted by Crippen LogP contribution is -2.13. The fourth-order valence-corrected chi connectivity index (χ4v) is 4.48. The minimum absolute atomic E-state index is 0.0356. The van der Waals surface area contributed by atoms with Crippen molar-refractivity contribution in [3.05, 3.63) is 41.5 Å². The van der Waals surface area contributed by atoms with Crippen molar-refractivity contribution < 1.29 is 8.42 Å². The number of anilines is 1. The van der Waals surface area contributed by atoms with Gasteiger partial charge >= 0.3 is 0 Å². The second-order valence-corrected chi connectivity index (χ2v) is 8.73. The van der Waals surface area contributed by atoms with Crippen LogP contribution in [0.4, 0.5) is 5.82 Å². The maximum atomic E-state index is 12.5. The fourth-order valence-electron chi connectivity index (χ4n) is 3.25. The third kappa shape index (κ3) is 3.80. The summed E-state index contributed by atoms with van der Waals surface area (Å²) in [5.41, 5.74) is 9.64. The highest BCUT2D eigenvalue weighted by Gasteiger charge is 2.19. The number of hydrogen-bond donors (Lipinski definition) is 1. The van der Waals surface area contributed by atoms with E-state index >= 15 is 0 Å². The monoisotopic (exact) mass is 387 g/mol. The zero-order valence-electron chi connectivity index (χ0n) is 15.9. The molecule has 0 saturated heterocycles. The predicted molar refractivity (Wildman–Crippen MR) is 106 cm³/mol. The molecule has 144 valence electrons. The van der Waals surface area contributed by atoms with E-state index < -0.39 is 9.84 Å². The van der Waals surface area contributed by atoms with Crippen LogP contribution >= 0.6 is 0 Å². The second kappa shape index (κ2) is 7.64. The van der Waals surface area contributed by atoms with Crippen LogP contribution in [0, 0.1) is 13.8 Å². The molecule has 8 heteroatoms. The van der Waals surface area contributed by atoms with Crippen LogP contribution in [-0.2, 0) is 22.8 Å². The Bertz CT molecular complexity index is 1060. The summed E-state index contributed by atoms with van der Waals surface area (Å²) in [5, 5.41) is 0.120. The van der Waals surface area contributed by atoms with E-state index in [1.165, 1.54) is 12.3 Å². The summed E-state index contributed by atoms with van der Waals surface area (Å²) in [5.74, 6) is 1.38. The van der Waals surface area contributed by atoms with Crippen LogP contribution in [0.5, 0.6) is 0 Å². The number of nitrogen functional groups attached to an aromatic ring is 1. The molecule has 0 aliphatic carbocycles. The maximum Gasteiger partial charge on any atom is 0.195 e. The molecule has 0 aliphatic rings. The van der Waals surface area contributed by atoms with Gasteiger partial charge in [-0.1, -0.05) is 13.0 Å². The largest absolute Gasteiger partial charge is 0.382 e. The Morgan fingerprint density at radius 3 is 2.63 bits per heavy atom. The number of rotatable bonds is 7. The van der Waals surface area contributed by atoms with Gasteiger partial charge < -0.3 is 10.3 Å². The molecule has 0 radical (unpaired) electrons. The molecule has 2 N–H and O–H groups in total. The summed E-state index contributed by atoms with van der Waals surface area (Å²) in [7, 11) is -3.40. The average molecular weight is 388 g/mol. The predicted octanol–water partition coefficient (Wildman–Crippen LogP) is 2.84. The Kier molecular flexibility index (Phi) is 5.46. The summed E-state index contributed by atoms with van der Waals surface area (Å²) in [4.78, 5) is 13.0. The molecule has 0 atom stereocenters. The van der Waals surface area contributed by atoms with Crippen molar-refractivity contribution in [3.8, 4) is 0 Å². The first-order chi connectivity index (χ1) is 12.8. The minimum atomic E-state index is -3.40. The van der Waals surface area contributed by atoms with Crippen molar-refractivity contribution in [1.82, 2.24) is 19.5 Å². The standard InChI is InChI=1S/C19H25N5O2S/c1-4-8-15-23-17-18(13(2)14(3)22-19(17)20)24(15)11-7-12-27(25,26)16-9-5-6-10-21-16/h5-6,9-10H,4,7-8,11-12H2,1-3H3,(H2,20,22). The van der Waals surface area contributed by atoms with Gasteiger partial charge in [0.25, 0.3) is 0 Å². The lowest BCUT2D eigenvalue weighted by Gasteiger charge is -2.12. The molecule has 27 heavy (non-hydrogen) atoms. The fraction of sp³-hybridized carbons (Fsp3) is 0.421. The van der Waals surface area contributed by atoms with Gasteiger partial charge in [0.05, 0.1) is 11.3 Å². The average Bonchev–Trinajstić information content (AvgIpc) is 3.00. The van der Waals surface area contributed by atoms with Crippen molar-refractivity contribution >= 4 is 26.7 Å². The van der Waals surface area contributed by atoms with Gasteiger partial charge in [0.2, 0.25) is 0 Å². The Labute approximate surface area is 159 Å². The SMILES string of the molecule is CCCc1nc2c(N)nc(C)c(C)c2n1CCCS(=O)(=O)c1ccccn1. The molecule has 0 aliphatic heterocycles. The molecule has 3 heterocycles. The van der Waals surface area contributed by atoms with Crippen molar-refractivity contribution in [2.75, 3.05) is 11.5 Å². The number of fused-ring (bicyclic) bond motifs is 1. The Morgan fingerprint density at radius 2 is 1.96 bits per heavy atom. The van der Waals surface area contributed by atoms with Gasteiger partial charge in [-0.05, 0) is 44.4 Å². The van der Waals surface area contributed by atoms with Crippen molar-refractivity contribution in [3.63, 3.8) is 0 Å². The van der Waals surface area contributed by atoms with Crippen molar-refractivity contribution in [1.29, 1.82) is 0 Å². The van der Waals surface area contributed by atoms with Gasteiger partial charge in [0.15, 0.2) is 20.7 Å². The molecular weight excluding hydrogens is 362 g/mol. The van der Waals surface area contributed by atoms with Crippen LogP contribution in [0.25, 0.3) is 11.0 Å². The summed E-state index contributed by atoms with van der Waals surface area (Å²) < 4.78 is 27.1. The summed E-state index contributed by atoms with van der Waals surface area (Å²) >= 11 is 0. The molecule has 3 rings (SSSR count). The Balaban J connectivity index is 1.91. The first-order valence-electron chi connectivity index (χ1n) is 9.10. The number of pyridine rings is 2. The van der Waals surface area contributed by atoms with E-state index in [1.54, 1.807) is 12.1 Å². The Hall–Kier alpha value is -2.48. The zero-order chi connectivity index (χ0) is 19.6. The second-order valence-electron chi connectivity index (χ2n) is 6.67. The van der Waals surface area contributed by atoms with Crippen LogP contribution in [0.1, 0.15) is 36.8 Å². The molecule has 0 bridgehead atoms. The van der Waals surface area contributed by atoms with E-state index in [-0.39, 0.29) is 10.8 Å². The summed E-state index contributed by atoms with van der Waals surface area (Å²) in [6, 6.07) is 4.92. The molecule has 3 aromatic rings. The van der Waals surface area contributed by atoms with Gasteiger partial charge in [-0.2, -0.15) is 0 Å². The van der Waals surface area contributed by atoms with E-state index in [2.05, 4.69) is 21.5 Å². The van der Waals surface area contributed by atoms with E-state index in [0.717, 1.165) is 35.4 Å². The molecule has 0 fully saturated rings. The quantitative estimate of drug-likeness (QED) is 0.668. The van der Waals surface area contributed by atoms with E-state index in [1.807, 2.05) is 13.8 Å². The molecule has 3 aromatic heterocycles. The van der Waals surface area contributed by atoms with Crippen molar-refractivity contribution in [2.45, 2.75) is 51.6 Å². The van der Waals surface area contributed by atoms with Crippen LogP contribution in [0.3, 0.4) is 0 Å². The molecule has 7 nitrogen and oxygen atoms in total. The Morgan fingerprint density at radius 1 is 1.19 bits per heavy atom. The lowest BCUT2D eigenvalue weighted by atomic mass is 10.2. The highest BCUT2D eigenvalue weighted by atomic mass is 32.2. The van der Waals surface area contributed by atoms with Crippen LogP contribution in [0.15, 0.2) is 29.4 Å². The number of nitrogens with two attached hydrogens (primary N) is 1. The molecule has 0 spiro atoms. The van der Waals surface area contributed by atoms with Gasteiger partial charge in [0.1, 0.15) is 11.3 Å². The highest BCUT2D eigenvalue weighted by molar-refractivity contribution is 7.91. The normalized spacial score (nSPS) is 12.0. The molecular formula is C19H25N5O2S. The summed E-state index contributed by atoms with van der Waals surface area (Å²) in [6.07, 6.45) is 3.72. The minimum Gasteiger partial charge on any atom is -0.382 e. The van der Waals surface area contributed by atoms with E-state index in [9.17, 15) is 8.42 Å². The van der Waals surface area contributed by atoms with Gasteiger partial charge in [-0.3, -0.25) is 0 Å². The van der Waals surface area contributed by atoms with Crippen molar-refractivity contribution in [2.24, 2.45) is 0 Å². The van der Waals surface area contributed by atoms with Gasteiger partial charge in [0, 0.05) is 24.9 Å². The number of aryl methyl sites for hydroxylation is 4. The zero-order valence-corrected chi connectivity index (χ0v) is 16.8. The first-order valence-corrected chi connectivity index (χ1v) is 10.8. The number of hydrogen-bond acceptors (Lipinski definition) is 6. The number of sulfone groups is 1. The van der Waals surface area contributed by atoms with E-state index in [0.29, 0.717) is 24.3 Å². The highest BCUT2D eigenvalue weighted by Crippen LogP contribution is 2.27. The number of aromatic nitrogens is 4. The van der Waals surface area contributed by atoms with E-state index in [4.69, 9.17) is 10.7 Å². The van der Waals surface area contributed by atoms with Crippen LogP contribution in [0.2, 0.25) is 0 Å². The molecule has 0 saturated carbocycles. The number of nitrogens with zero attached hydrogens (tertiary/aromatic N) is 4. The van der Waals surface area contributed by atoms with Gasteiger partial charge in [-0.25, -0.2) is 23.4 Å². The topological polar surface area (TPSA) is 104 Å². The number of imidazole rings is 1. The lowest BCUT2D eigenvalue weighted by molar-refractivity contribution is 0.580. The molecule has 0 aromatic carbocycles. The molecule has 0 unspecified atom stereocenters. The smallest absolute Gasteiger partial charge is 0.195 e.